The lowest BCUT2D eigenvalue weighted by atomic mass is 9.91. The van der Waals surface area contributed by atoms with Crippen LogP contribution in [0.5, 0.6) is 0 Å². The molecule has 0 unspecified atom stereocenters. The van der Waals surface area contributed by atoms with Crippen LogP contribution in [0.3, 0.4) is 0 Å². The first kappa shape index (κ1) is 33.3. The lowest BCUT2D eigenvalue weighted by Gasteiger charge is -2.14. The Balaban J connectivity index is 0.935. The average Bonchev–Trinajstić information content (AvgIpc) is 3.65. The van der Waals surface area contributed by atoms with Crippen molar-refractivity contribution in [3.63, 3.8) is 0 Å². The maximum atomic E-state index is 4.81. The molecule has 2 heterocycles. The highest BCUT2D eigenvalue weighted by molar-refractivity contribution is 6.23. The molecule has 0 aliphatic carbocycles. The molecular formula is C56H35N3. The fourth-order valence-corrected chi connectivity index (χ4v) is 9.37. The molecule has 12 rings (SSSR count). The van der Waals surface area contributed by atoms with Crippen LogP contribution < -0.4 is 0 Å². The quantitative estimate of drug-likeness (QED) is 0.164. The van der Waals surface area contributed by atoms with Gasteiger partial charge in [0.2, 0.25) is 0 Å². The van der Waals surface area contributed by atoms with Crippen LogP contribution in [0, 0.1) is 0 Å². The van der Waals surface area contributed by atoms with Crippen molar-refractivity contribution in [2.75, 3.05) is 0 Å². The SMILES string of the molecule is c1ccc(-n2c3ccccc3c3cc(-c4cccc5c(-c6cccc(-c7cccc(-c8ccc9c%10ccccc%10c%10nccnc%10c9c8)c7)c6)cccc45)ccc32)cc1. The van der Waals surface area contributed by atoms with Crippen LogP contribution in [-0.4, -0.2) is 14.5 Å². The number of hydrogen-bond donors (Lipinski definition) is 0. The lowest BCUT2D eigenvalue weighted by molar-refractivity contribution is 1.18. The summed E-state index contributed by atoms with van der Waals surface area (Å²) < 4.78 is 2.37. The van der Waals surface area contributed by atoms with Crippen molar-refractivity contribution < 1.29 is 0 Å². The second-order valence-corrected chi connectivity index (χ2v) is 15.3. The van der Waals surface area contributed by atoms with Crippen molar-refractivity contribution in [2.24, 2.45) is 0 Å². The highest BCUT2D eigenvalue weighted by Crippen LogP contribution is 2.40. The molecule has 0 radical (unpaired) electrons. The predicted molar refractivity (Wildman–Crippen MR) is 248 cm³/mol. The van der Waals surface area contributed by atoms with E-state index in [0.717, 1.165) is 27.4 Å². The summed E-state index contributed by atoms with van der Waals surface area (Å²) in [6.45, 7) is 0. The third-order valence-corrected chi connectivity index (χ3v) is 12.1. The number of para-hydroxylation sites is 2. The molecule has 0 saturated carbocycles. The molecule has 12 aromatic rings. The monoisotopic (exact) mass is 749 g/mol. The molecule has 10 aromatic carbocycles. The Morgan fingerprint density at radius 2 is 0.746 bits per heavy atom. The Kier molecular flexibility index (Phi) is 7.54. The van der Waals surface area contributed by atoms with Gasteiger partial charge in [-0.05, 0) is 115 Å². The zero-order valence-electron chi connectivity index (χ0n) is 32.0. The lowest BCUT2D eigenvalue weighted by Crippen LogP contribution is -1.92. The molecule has 0 N–H and O–H groups in total. The molecule has 0 aliphatic heterocycles. The number of fused-ring (bicyclic) bond motifs is 10. The highest BCUT2D eigenvalue weighted by Gasteiger charge is 2.16. The molecule has 0 amide bonds. The van der Waals surface area contributed by atoms with Crippen LogP contribution in [0.4, 0.5) is 0 Å². The van der Waals surface area contributed by atoms with Crippen molar-refractivity contribution in [1.82, 2.24) is 14.5 Å². The predicted octanol–water partition coefficient (Wildman–Crippen LogP) is 14.9. The largest absolute Gasteiger partial charge is 0.309 e. The second-order valence-electron chi connectivity index (χ2n) is 15.3. The Morgan fingerprint density at radius 3 is 1.47 bits per heavy atom. The summed E-state index contributed by atoms with van der Waals surface area (Å²) in [5.41, 5.74) is 15.0. The van der Waals surface area contributed by atoms with Gasteiger partial charge in [0, 0.05) is 39.6 Å². The summed E-state index contributed by atoms with van der Waals surface area (Å²) in [4.78, 5) is 9.57. The topological polar surface area (TPSA) is 30.7 Å². The number of hydrogen-bond acceptors (Lipinski definition) is 2. The van der Waals surface area contributed by atoms with Gasteiger partial charge in [0.05, 0.1) is 22.1 Å². The van der Waals surface area contributed by atoms with Crippen molar-refractivity contribution in [3.05, 3.63) is 213 Å². The first-order valence-corrected chi connectivity index (χ1v) is 20.1. The Bertz CT molecular complexity index is 3580. The van der Waals surface area contributed by atoms with Crippen LogP contribution >= 0.6 is 0 Å². The van der Waals surface area contributed by atoms with E-state index in [9.17, 15) is 0 Å². The van der Waals surface area contributed by atoms with E-state index in [4.69, 9.17) is 9.97 Å². The Labute approximate surface area is 341 Å². The normalized spacial score (nSPS) is 11.7. The molecule has 0 aliphatic rings. The summed E-state index contributed by atoms with van der Waals surface area (Å²) in [5, 5.41) is 9.62. The van der Waals surface area contributed by atoms with Crippen molar-refractivity contribution in [3.8, 4) is 50.2 Å². The summed E-state index contributed by atoms with van der Waals surface area (Å²) in [6, 6.07) is 72.9. The Hall–Kier alpha value is -7.88. The fourth-order valence-electron chi connectivity index (χ4n) is 9.37. The van der Waals surface area contributed by atoms with E-state index in [1.165, 1.54) is 88.0 Å². The average molecular weight is 750 g/mol. The molecule has 2 aromatic heterocycles. The zero-order valence-corrected chi connectivity index (χ0v) is 32.0. The summed E-state index contributed by atoms with van der Waals surface area (Å²) >= 11 is 0. The molecule has 3 heteroatoms. The van der Waals surface area contributed by atoms with Crippen LogP contribution in [-0.2, 0) is 0 Å². The third kappa shape index (κ3) is 5.36. The fraction of sp³-hybridized carbons (Fsp3) is 0. The number of nitrogens with zero attached hydrogens (tertiary/aromatic N) is 3. The van der Waals surface area contributed by atoms with Gasteiger partial charge in [0.15, 0.2) is 0 Å². The van der Waals surface area contributed by atoms with Gasteiger partial charge in [0.25, 0.3) is 0 Å². The number of aromatic nitrogens is 3. The third-order valence-electron chi connectivity index (χ3n) is 12.1. The molecular weight excluding hydrogens is 715 g/mol. The highest BCUT2D eigenvalue weighted by atomic mass is 15.0. The minimum absolute atomic E-state index is 0.932. The molecule has 0 spiro atoms. The maximum Gasteiger partial charge on any atom is 0.0971 e. The van der Waals surface area contributed by atoms with Crippen LogP contribution in [0.2, 0.25) is 0 Å². The molecule has 0 bridgehead atoms. The summed E-state index contributed by atoms with van der Waals surface area (Å²) in [6.07, 6.45) is 3.57. The van der Waals surface area contributed by atoms with E-state index in [0.29, 0.717) is 0 Å². The summed E-state index contributed by atoms with van der Waals surface area (Å²) in [5.74, 6) is 0. The van der Waals surface area contributed by atoms with Crippen molar-refractivity contribution in [1.29, 1.82) is 0 Å². The molecule has 0 atom stereocenters. The first-order chi connectivity index (χ1) is 29.3. The summed E-state index contributed by atoms with van der Waals surface area (Å²) in [7, 11) is 0. The molecule has 59 heavy (non-hydrogen) atoms. The van der Waals surface area contributed by atoms with Gasteiger partial charge in [-0.1, -0.05) is 152 Å². The second kappa shape index (κ2) is 13.4. The zero-order chi connectivity index (χ0) is 38.9. The van der Waals surface area contributed by atoms with Crippen molar-refractivity contribution >= 4 is 65.2 Å². The minimum Gasteiger partial charge on any atom is -0.309 e. The standard InChI is InChI=1S/C56H35N3/c1-2-16-42(17-3-1)59-53-25-7-6-19-49(53)51-35-41(27-29-54(51)59)44-22-11-23-45-43(21-10-24-46(44)45)40-15-9-14-38(33-40)36-12-8-13-37(32-36)39-26-28-48-47-18-4-5-20-50(47)55-56(52(48)34-39)58-31-30-57-55/h1-35H. The Morgan fingerprint density at radius 1 is 0.271 bits per heavy atom. The van der Waals surface area contributed by atoms with Crippen molar-refractivity contribution in [2.45, 2.75) is 0 Å². The van der Waals surface area contributed by atoms with E-state index < -0.39 is 0 Å². The number of benzene rings is 10. The van der Waals surface area contributed by atoms with E-state index in [1.807, 2.05) is 0 Å². The molecule has 3 nitrogen and oxygen atoms in total. The van der Waals surface area contributed by atoms with Crippen LogP contribution in [0.25, 0.3) is 115 Å². The van der Waals surface area contributed by atoms with Crippen LogP contribution in [0.1, 0.15) is 0 Å². The molecule has 274 valence electrons. The van der Waals surface area contributed by atoms with E-state index >= 15 is 0 Å². The van der Waals surface area contributed by atoms with Gasteiger partial charge in [-0.15, -0.1) is 0 Å². The molecule has 0 saturated heterocycles. The first-order valence-electron chi connectivity index (χ1n) is 20.1. The van der Waals surface area contributed by atoms with Gasteiger partial charge in [-0.25, -0.2) is 0 Å². The van der Waals surface area contributed by atoms with Gasteiger partial charge < -0.3 is 4.57 Å². The smallest absolute Gasteiger partial charge is 0.0971 e. The van der Waals surface area contributed by atoms with Crippen LogP contribution in [0.15, 0.2) is 213 Å². The van der Waals surface area contributed by atoms with E-state index in [1.54, 1.807) is 12.4 Å². The van der Waals surface area contributed by atoms with Gasteiger partial charge in [-0.3, -0.25) is 9.97 Å². The van der Waals surface area contributed by atoms with E-state index in [-0.39, 0.29) is 0 Å². The van der Waals surface area contributed by atoms with Gasteiger partial charge in [-0.2, -0.15) is 0 Å². The van der Waals surface area contributed by atoms with Gasteiger partial charge in [0.1, 0.15) is 0 Å². The number of rotatable bonds is 5. The van der Waals surface area contributed by atoms with Gasteiger partial charge >= 0.3 is 0 Å². The molecule has 0 fully saturated rings. The van der Waals surface area contributed by atoms with E-state index in [2.05, 4.69) is 205 Å². The maximum absolute atomic E-state index is 4.81. The minimum atomic E-state index is 0.932.